The highest BCUT2D eigenvalue weighted by Gasteiger charge is 2.29. The minimum absolute atomic E-state index is 0.156. The Labute approximate surface area is 288 Å². The van der Waals surface area contributed by atoms with Crippen LogP contribution in [-0.4, -0.2) is 81.4 Å². The molecule has 0 spiro atoms. The van der Waals surface area contributed by atoms with E-state index in [-0.39, 0.29) is 55.9 Å². The lowest BCUT2D eigenvalue weighted by Crippen LogP contribution is -2.30. The standard InChI is InChI=1S/3C12H24O2.C3H4O2/c3*13-10-12(11-14)8-6-4-2-1-3-5-7-9-12;1-2-3(4)5/h3*13-14H,1-11H2;2H,1H2,(H,4,5). The summed E-state index contributed by atoms with van der Waals surface area (Å²) in [6, 6.07) is 0. The van der Waals surface area contributed by atoms with Gasteiger partial charge in [0, 0.05) is 22.3 Å². The SMILES string of the molecule is C=CC(=O)O.OCC1(CO)CCCCCCCCC1.OCC1(CO)CCCCCCCCC1.OCC1(CO)CCCCCCCCC1. The fraction of sp³-hybridized carbons (Fsp3) is 0.923. The second-order valence-corrected chi connectivity index (χ2v) is 14.9. The average Bonchev–Trinajstić information content (AvgIpc) is 3.12. The Morgan fingerprint density at radius 2 is 0.511 bits per heavy atom. The lowest BCUT2D eigenvalue weighted by atomic mass is 9.78. The predicted molar refractivity (Wildman–Crippen MR) is 192 cm³/mol. The minimum atomic E-state index is -0.981. The number of carboxylic acid groups (broad SMARTS) is 1. The van der Waals surface area contributed by atoms with E-state index in [1.54, 1.807) is 0 Å². The summed E-state index contributed by atoms with van der Waals surface area (Å²) in [4.78, 5) is 9.25. The van der Waals surface area contributed by atoms with Gasteiger partial charge in [0.25, 0.3) is 0 Å². The molecule has 3 fully saturated rings. The maximum absolute atomic E-state index is 9.36. The highest BCUT2D eigenvalue weighted by molar-refractivity contribution is 5.78. The Bertz CT molecular complexity index is 599. The van der Waals surface area contributed by atoms with Crippen molar-refractivity contribution in [3.05, 3.63) is 12.7 Å². The number of hydrogen-bond acceptors (Lipinski definition) is 7. The van der Waals surface area contributed by atoms with Crippen molar-refractivity contribution in [2.45, 2.75) is 173 Å². The highest BCUT2D eigenvalue weighted by Crippen LogP contribution is 2.34. The van der Waals surface area contributed by atoms with Gasteiger partial charge in [0.1, 0.15) is 0 Å². The van der Waals surface area contributed by atoms with Crippen LogP contribution in [-0.2, 0) is 4.79 Å². The first kappa shape index (κ1) is 46.0. The highest BCUT2D eigenvalue weighted by atomic mass is 16.4. The summed E-state index contributed by atoms with van der Waals surface area (Å²) in [6.45, 7) is 3.90. The van der Waals surface area contributed by atoms with Crippen LogP contribution < -0.4 is 0 Å². The molecule has 3 aliphatic carbocycles. The van der Waals surface area contributed by atoms with Gasteiger partial charge in [0.05, 0.1) is 39.6 Å². The smallest absolute Gasteiger partial charge is 0.327 e. The molecule has 3 aliphatic rings. The molecule has 0 aliphatic heterocycles. The number of carbonyl (C=O) groups is 1. The summed E-state index contributed by atoms with van der Waals surface area (Å²) in [5, 5.41) is 63.8. The molecule has 280 valence electrons. The van der Waals surface area contributed by atoms with E-state index in [0.717, 1.165) is 44.6 Å². The van der Waals surface area contributed by atoms with E-state index in [1.165, 1.54) is 135 Å². The lowest BCUT2D eigenvalue weighted by molar-refractivity contribution is -0.131. The van der Waals surface area contributed by atoms with Crippen LogP contribution in [0.2, 0.25) is 0 Å². The van der Waals surface area contributed by atoms with Gasteiger partial charge in [0.15, 0.2) is 0 Å². The molecule has 0 atom stereocenters. The monoisotopic (exact) mass is 673 g/mol. The number of rotatable bonds is 7. The first-order valence-electron chi connectivity index (χ1n) is 19.3. The van der Waals surface area contributed by atoms with Crippen molar-refractivity contribution < 1.29 is 40.5 Å². The molecular formula is C39H76O8. The second kappa shape index (κ2) is 29.8. The lowest BCUT2D eigenvalue weighted by Gasteiger charge is -2.30. The van der Waals surface area contributed by atoms with Crippen LogP contribution in [0.15, 0.2) is 12.7 Å². The minimum Gasteiger partial charge on any atom is -0.478 e. The molecule has 0 unspecified atom stereocenters. The second-order valence-electron chi connectivity index (χ2n) is 14.9. The van der Waals surface area contributed by atoms with E-state index in [2.05, 4.69) is 6.58 Å². The number of aliphatic carboxylic acids is 1. The third-order valence-electron chi connectivity index (χ3n) is 10.9. The Kier molecular flexibility index (Phi) is 29.2. The molecule has 0 bridgehead atoms. The fourth-order valence-electron chi connectivity index (χ4n) is 7.13. The quantitative estimate of drug-likeness (QED) is 0.136. The first-order chi connectivity index (χ1) is 22.8. The van der Waals surface area contributed by atoms with Crippen LogP contribution in [0.3, 0.4) is 0 Å². The van der Waals surface area contributed by atoms with Gasteiger partial charge in [-0.05, 0) is 38.5 Å². The molecule has 3 saturated carbocycles. The maximum Gasteiger partial charge on any atom is 0.327 e. The van der Waals surface area contributed by atoms with Crippen molar-refractivity contribution in [3.8, 4) is 0 Å². The predicted octanol–water partition coefficient (Wildman–Crippen LogP) is 7.70. The molecular weight excluding hydrogens is 596 g/mol. The summed E-state index contributed by atoms with van der Waals surface area (Å²) in [7, 11) is 0. The molecule has 0 aromatic heterocycles. The van der Waals surface area contributed by atoms with E-state index >= 15 is 0 Å². The number of aliphatic hydroxyl groups is 6. The van der Waals surface area contributed by atoms with E-state index < -0.39 is 5.97 Å². The summed E-state index contributed by atoms with van der Waals surface area (Å²) < 4.78 is 0. The van der Waals surface area contributed by atoms with Crippen LogP contribution in [0.25, 0.3) is 0 Å². The molecule has 8 nitrogen and oxygen atoms in total. The van der Waals surface area contributed by atoms with E-state index in [9.17, 15) is 35.4 Å². The molecule has 0 amide bonds. The molecule has 7 N–H and O–H groups in total. The van der Waals surface area contributed by atoms with Gasteiger partial charge in [-0.1, -0.05) is 141 Å². The van der Waals surface area contributed by atoms with Crippen molar-refractivity contribution >= 4 is 5.97 Å². The Morgan fingerprint density at radius 1 is 0.383 bits per heavy atom. The molecule has 8 heteroatoms. The van der Waals surface area contributed by atoms with Gasteiger partial charge in [-0.15, -0.1) is 0 Å². The van der Waals surface area contributed by atoms with Crippen molar-refractivity contribution in [2.75, 3.05) is 39.6 Å². The van der Waals surface area contributed by atoms with Crippen molar-refractivity contribution in [2.24, 2.45) is 16.2 Å². The third-order valence-corrected chi connectivity index (χ3v) is 10.9. The van der Waals surface area contributed by atoms with Crippen LogP contribution in [0.5, 0.6) is 0 Å². The van der Waals surface area contributed by atoms with Crippen molar-refractivity contribution in [3.63, 3.8) is 0 Å². The molecule has 0 radical (unpaired) electrons. The Hall–Kier alpha value is -1.03. The first-order valence-corrected chi connectivity index (χ1v) is 19.3. The third kappa shape index (κ3) is 22.3. The zero-order valence-corrected chi connectivity index (χ0v) is 30.2. The van der Waals surface area contributed by atoms with Gasteiger partial charge in [-0.25, -0.2) is 4.79 Å². The Morgan fingerprint density at radius 3 is 0.617 bits per heavy atom. The Balaban J connectivity index is 0.000000629. The average molecular weight is 673 g/mol. The largest absolute Gasteiger partial charge is 0.478 e. The topological polar surface area (TPSA) is 159 Å². The zero-order chi connectivity index (χ0) is 35.1. The zero-order valence-electron chi connectivity index (χ0n) is 30.2. The number of aliphatic hydroxyl groups excluding tert-OH is 6. The van der Waals surface area contributed by atoms with Crippen molar-refractivity contribution in [1.29, 1.82) is 0 Å². The summed E-state index contributed by atoms with van der Waals surface area (Å²) in [5.74, 6) is -0.981. The molecule has 0 aromatic carbocycles. The van der Waals surface area contributed by atoms with E-state index in [1.807, 2.05) is 0 Å². The van der Waals surface area contributed by atoms with Gasteiger partial charge < -0.3 is 35.7 Å². The summed E-state index contributed by atoms with van der Waals surface area (Å²) in [6.07, 6.45) is 33.5. The molecule has 0 heterocycles. The van der Waals surface area contributed by atoms with Crippen molar-refractivity contribution in [1.82, 2.24) is 0 Å². The fourth-order valence-corrected chi connectivity index (χ4v) is 7.13. The van der Waals surface area contributed by atoms with Crippen LogP contribution in [0, 0.1) is 16.2 Å². The summed E-state index contributed by atoms with van der Waals surface area (Å²) >= 11 is 0. The van der Waals surface area contributed by atoms with Crippen LogP contribution in [0.4, 0.5) is 0 Å². The van der Waals surface area contributed by atoms with E-state index in [0.29, 0.717) is 0 Å². The molecule has 0 saturated heterocycles. The number of carboxylic acids is 1. The molecule has 0 aromatic rings. The van der Waals surface area contributed by atoms with Gasteiger partial charge >= 0.3 is 5.97 Å². The van der Waals surface area contributed by atoms with Gasteiger partial charge in [0.2, 0.25) is 0 Å². The van der Waals surface area contributed by atoms with Gasteiger partial charge in [-0.3, -0.25) is 0 Å². The van der Waals surface area contributed by atoms with Crippen LogP contribution >= 0.6 is 0 Å². The molecule has 47 heavy (non-hydrogen) atoms. The van der Waals surface area contributed by atoms with Gasteiger partial charge in [-0.2, -0.15) is 0 Å². The summed E-state index contributed by atoms with van der Waals surface area (Å²) in [5.41, 5.74) is -0.508. The normalized spacial score (nSPS) is 22.5. The molecule has 3 rings (SSSR count). The van der Waals surface area contributed by atoms with E-state index in [4.69, 9.17) is 5.11 Å². The van der Waals surface area contributed by atoms with Crippen LogP contribution in [0.1, 0.15) is 173 Å². The number of hydrogen-bond donors (Lipinski definition) is 7. The maximum atomic E-state index is 9.36.